The molecule has 4 N–H and O–H groups in total. The summed E-state index contributed by atoms with van der Waals surface area (Å²) in [5, 5.41) is 5.34. The third-order valence-electron chi connectivity index (χ3n) is 2.77. The standard InChI is InChI=1S/C16H25N3O3/c1-16(2,3)22-15(21)18-10-9-13(17)14(20)19-11-12-7-5-4-6-8-12/h4-8,13H,9-11,17H2,1-3H3,(H,18,21)(H,19,20)/t13-/m0/s1. The smallest absolute Gasteiger partial charge is 0.407 e. The number of benzene rings is 1. The van der Waals surface area contributed by atoms with Gasteiger partial charge in [0.2, 0.25) is 5.91 Å². The molecule has 0 unspecified atom stereocenters. The highest BCUT2D eigenvalue weighted by Gasteiger charge is 2.17. The molecule has 1 rings (SSSR count). The lowest BCUT2D eigenvalue weighted by Gasteiger charge is -2.20. The van der Waals surface area contributed by atoms with Crippen molar-refractivity contribution in [2.24, 2.45) is 5.73 Å². The van der Waals surface area contributed by atoms with E-state index in [4.69, 9.17) is 10.5 Å². The molecule has 0 aliphatic carbocycles. The predicted octanol–water partition coefficient (Wildman–Crippen LogP) is 1.54. The van der Waals surface area contributed by atoms with Crippen molar-refractivity contribution in [1.29, 1.82) is 0 Å². The van der Waals surface area contributed by atoms with Crippen molar-refractivity contribution in [1.82, 2.24) is 10.6 Å². The Bertz CT molecular complexity index is 483. The van der Waals surface area contributed by atoms with Gasteiger partial charge in [0.15, 0.2) is 0 Å². The molecule has 0 saturated heterocycles. The van der Waals surface area contributed by atoms with E-state index >= 15 is 0 Å². The van der Waals surface area contributed by atoms with Gasteiger partial charge in [-0.25, -0.2) is 4.79 Å². The summed E-state index contributed by atoms with van der Waals surface area (Å²) >= 11 is 0. The molecule has 0 heterocycles. The number of alkyl carbamates (subject to hydrolysis) is 1. The van der Waals surface area contributed by atoms with E-state index in [1.54, 1.807) is 20.8 Å². The molecule has 1 aromatic rings. The number of carbonyl (C=O) groups excluding carboxylic acids is 2. The molecule has 0 aromatic heterocycles. The zero-order chi connectivity index (χ0) is 16.6. The van der Waals surface area contributed by atoms with Gasteiger partial charge < -0.3 is 21.1 Å². The van der Waals surface area contributed by atoms with Gasteiger partial charge >= 0.3 is 6.09 Å². The van der Waals surface area contributed by atoms with Crippen LogP contribution in [-0.4, -0.2) is 30.2 Å². The Morgan fingerprint density at radius 1 is 1.18 bits per heavy atom. The van der Waals surface area contributed by atoms with Gasteiger partial charge in [-0.05, 0) is 32.8 Å². The Kier molecular flexibility index (Phi) is 6.85. The molecule has 1 atom stereocenters. The summed E-state index contributed by atoms with van der Waals surface area (Å²) in [4.78, 5) is 23.3. The van der Waals surface area contributed by atoms with Crippen LogP contribution in [-0.2, 0) is 16.1 Å². The summed E-state index contributed by atoms with van der Waals surface area (Å²) in [5.74, 6) is -0.241. The summed E-state index contributed by atoms with van der Waals surface area (Å²) in [7, 11) is 0. The normalized spacial score (nSPS) is 12.4. The minimum atomic E-state index is -0.668. The number of hydrogen-bond donors (Lipinski definition) is 3. The fourth-order valence-electron chi connectivity index (χ4n) is 1.69. The predicted molar refractivity (Wildman–Crippen MR) is 85.1 cm³/mol. The number of rotatable bonds is 6. The van der Waals surface area contributed by atoms with Crippen molar-refractivity contribution in [2.75, 3.05) is 6.54 Å². The van der Waals surface area contributed by atoms with Gasteiger partial charge in [-0.1, -0.05) is 30.3 Å². The van der Waals surface area contributed by atoms with Gasteiger partial charge in [0.05, 0.1) is 6.04 Å². The van der Waals surface area contributed by atoms with Crippen molar-refractivity contribution < 1.29 is 14.3 Å². The van der Waals surface area contributed by atoms with Gasteiger partial charge in [0, 0.05) is 13.1 Å². The first-order chi connectivity index (χ1) is 10.3. The molecule has 6 nitrogen and oxygen atoms in total. The molecule has 0 spiro atoms. The van der Waals surface area contributed by atoms with Gasteiger partial charge in [-0.3, -0.25) is 4.79 Å². The van der Waals surface area contributed by atoms with Crippen molar-refractivity contribution in [3.8, 4) is 0 Å². The van der Waals surface area contributed by atoms with Crippen LogP contribution in [0.15, 0.2) is 30.3 Å². The van der Waals surface area contributed by atoms with E-state index in [2.05, 4.69) is 10.6 Å². The molecule has 0 bridgehead atoms. The molecule has 0 aliphatic rings. The highest BCUT2D eigenvalue weighted by Crippen LogP contribution is 2.06. The largest absolute Gasteiger partial charge is 0.444 e. The molecule has 0 fully saturated rings. The summed E-state index contributed by atoms with van der Waals surface area (Å²) < 4.78 is 5.09. The maximum atomic E-state index is 11.8. The van der Waals surface area contributed by atoms with E-state index in [0.717, 1.165) is 5.56 Å². The molecule has 22 heavy (non-hydrogen) atoms. The molecule has 0 aliphatic heterocycles. The second kappa shape index (κ2) is 8.38. The number of amides is 2. The minimum Gasteiger partial charge on any atom is -0.444 e. The van der Waals surface area contributed by atoms with Crippen molar-refractivity contribution in [3.05, 3.63) is 35.9 Å². The zero-order valence-corrected chi connectivity index (χ0v) is 13.4. The third kappa shape index (κ3) is 7.64. The molecular formula is C16H25N3O3. The topological polar surface area (TPSA) is 93.4 Å². The maximum Gasteiger partial charge on any atom is 0.407 e. The van der Waals surface area contributed by atoms with Crippen LogP contribution in [0.1, 0.15) is 32.8 Å². The fraction of sp³-hybridized carbons (Fsp3) is 0.500. The van der Waals surface area contributed by atoms with Crippen LogP contribution in [0.25, 0.3) is 0 Å². The second-order valence-electron chi connectivity index (χ2n) is 6.03. The SMILES string of the molecule is CC(C)(C)OC(=O)NCC[C@H](N)C(=O)NCc1ccccc1. The molecule has 1 aromatic carbocycles. The fourth-order valence-corrected chi connectivity index (χ4v) is 1.69. The maximum absolute atomic E-state index is 11.8. The summed E-state index contributed by atoms with van der Waals surface area (Å²) in [6.45, 7) is 6.09. The number of carbonyl (C=O) groups is 2. The third-order valence-corrected chi connectivity index (χ3v) is 2.77. The van der Waals surface area contributed by atoms with Crippen molar-refractivity contribution in [2.45, 2.75) is 45.4 Å². The van der Waals surface area contributed by atoms with Crippen LogP contribution >= 0.6 is 0 Å². The van der Waals surface area contributed by atoms with Crippen LogP contribution < -0.4 is 16.4 Å². The van der Waals surface area contributed by atoms with E-state index in [9.17, 15) is 9.59 Å². The molecule has 0 saturated carbocycles. The minimum absolute atomic E-state index is 0.241. The van der Waals surface area contributed by atoms with Gasteiger partial charge in [0.1, 0.15) is 5.60 Å². The second-order valence-corrected chi connectivity index (χ2v) is 6.03. The van der Waals surface area contributed by atoms with Crippen LogP contribution in [0.5, 0.6) is 0 Å². The van der Waals surface area contributed by atoms with Crippen LogP contribution in [0, 0.1) is 0 Å². The van der Waals surface area contributed by atoms with E-state index < -0.39 is 17.7 Å². The summed E-state index contributed by atoms with van der Waals surface area (Å²) in [5.41, 5.74) is 6.26. The highest BCUT2D eigenvalue weighted by molar-refractivity contribution is 5.81. The van der Waals surface area contributed by atoms with Crippen LogP contribution in [0.3, 0.4) is 0 Å². The van der Waals surface area contributed by atoms with E-state index in [0.29, 0.717) is 13.0 Å². The van der Waals surface area contributed by atoms with Crippen molar-refractivity contribution in [3.63, 3.8) is 0 Å². The quantitative estimate of drug-likeness (QED) is 0.743. The Hall–Kier alpha value is -2.08. The van der Waals surface area contributed by atoms with E-state index in [1.165, 1.54) is 0 Å². The number of nitrogens with one attached hydrogen (secondary N) is 2. The van der Waals surface area contributed by atoms with Gasteiger partial charge in [0.25, 0.3) is 0 Å². The lowest BCUT2D eigenvalue weighted by Crippen LogP contribution is -2.43. The van der Waals surface area contributed by atoms with Crippen molar-refractivity contribution >= 4 is 12.0 Å². The van der Waals surface area contributed by atoms with E-state index in [1.807, 2.05) is 30.3 Å². The first-order valence-corrected chi connectivity index (χ1v) is 7.32. The molecule has 6 heteroatoms. The summed E-state index contributed by atoms with van der Waals surface area (Å²) in [6.07, 6.45) is -0.163. The Morgan fingerprint density at radius 2 is 1.82 bits per heavy atom. The Balaban J connectivity index is 2.23. The molecule has 2 amide bonds. The number of nitrogens with two attached hydrogens (primary N) is 1. The Morgan fingerprint density at radius 3 is 2.41 bits per heavy atom. The molecule has 122 valence electrons. The molecule has 0 radical (unpaired) electrons. The Labute approximate surface area is 131 Å². The lowest BCUT2D eigenvalue weighted by molar-refractivity contribution is -0.122. The first kappa shape index (κ1) is 18.0. The average molecular weight is 307 g/mol. The molecular weight excluding hydrogens is 282 g/mol. The van der Waals surface area contributed by atoms with E-state index in [-0.39, 0.29) is 12.5 Å². The number of ether oxygens (including phenoxy) is 1. The average Bonchev–Trinajstić information content (AvgIpc) is 2.43. The number of hydrogen-bond acceptors (Lipinski definition) is 4. The van der Waals surface area contributed by atoms with Gasteiger partial charge in [-0.2, -0.15) is 0 Å². The lowest BCUT2D eigenvalue weighted by atomic mass is 10.2. The first-order valence-electron chi connectivity index (χ1n) is 7.32. The van der Waals surface area contributed by atoms with Gasteiger partial charge in [-0.15, -0.1) is 0 Å². The highest BCUT2D eigenvalue weighted by atomic mass is 16.6. The monoisotopic (exact) mass is 307 g/mol. The van der Waals surface area contributed by atoms with Crippen LogP contribution in [0.2, 0.25) is 0 Å². The zero-order valence-electron chi connectivity index (χ0n) is 13.4. The van der Waals surface area contributed by atoms with Crippen LogP contribution in [0.4, 0.5) is 4.79 Å². The summed E-state index contributed by atoms with van der Waals surface area (Å²) in [6, 6.07) is 8.92.